The first-order chi connectivity index (χ1) is 16.0. The van der Waals surface area contributed by atoms with Gasteiger partial charge in [-0.3, -0.25) is 19.3 Å². The van der Waals surface area contributed by atoms with Crippen molar-refractivity contribution in [2.75, 3.05) is 11.9 Å². The molecule has 33 heavy (non-hydrogen) atoms. The zero-order valence-corrected chi connectivity index (χ0v) is 18.2. The Bertz CT molecular complexity index is 1230. The lowest BCUT2D eigenvalue weighted by Crippen LogP contribution is -2.27. The number of anilines is 1. The highest BCUT2D eigenvalue weighted by molar-refractivity contribution is 8.18. The Morgan fingerprint density at radius 3 is 2.45 bits per heavy atom. The van der Waals surface area contributed by atoms with Crippen LogP contribution in [0.15, 0.2) is 83.8 Å². The summed E-state index contributed by atoms with van der Waals surface area (Å²) in [5.41, 5.74) is 1.46. The summed E-state index contributed by atoms with van der Waals surface area (Å²) in [6.07, 6.45) is 1.54. The maximum absolute atomic E-state index is 14.0. The standard InChI is InChI=1S/C25H19FN2O4S/c26-20-12-6-4-9-18(20)15-28-24(30)22(33-25(28)31)14-17-8-5-7-13-21(17)32-16-23(29)27-19-10-2-1-3-11-19/h1-14H,15-16H2,(H,27,29)/b22-14+. The maximum Gasteiger partial charge on any atom is 0.293 e. The molecule has 3 amide bonds. The third-order valence-corrected chi connectivity index (χ3v) is 5.69. The van der Waals surface area contributed by atoms with Crippen molar-refractivity contribution in [3.8, 4) is 5.75 Å². The van der Waals surface area contributed by atoms with E-state index in [9.17, 15) is 18.8 Å². The average Bonchev–Trinajstić information content (AvgIpc) is 3.08. The summed E-state index contributed by atoms with van der Waals surface area (Å²) < 4.78 is 19.6. The van der Waals surface area contributed by atoms with Crippen LogP contribution in [0.2, 0.25) is 0 Å². The number of thioether (sulfide) groups is 1. The van der Waals surface area contributed by atoms with Crippen molar-refractivity contribution < 1.29 is 23.5 Å². The molecule has 166 valence electrons. The monoisotopic (exact) mass is 462 g/mol. The number of imide groups is 1. The molecule has 6 nitrogen and oxygen atoms in total. The Balaban J connectivity index is 1.46. The SMILES string of the molecule is O=C(COc1ccccc1/C=C1/SC(=O)N(Cc2ccccc2F)C1=O)Nc1ccccc1. The molecule has 1 aliphatic rings. The van der Waals surface area contributed by atoms with E-state index in [2.05, 4.69) is 5.32 Å². The van der Waals surface area contributed by atoms with Crippen molar-refractivity contribution in [1.29, 1.82) is 0 Å². The summed E-state index contributed by atoms with van der Waals surface area (Å²) in [5.74, 6) is -0.930. The number of amides is 3. The normalized spacial score (nSPS) is 14.6. The van der Waals surface area contributed by atoms with E-state index in [1.54, 1.807) is 48.5 Å². The number of benzene rings is 3. The number of hydrogen-bond donors (Lipinski definition) is 1. The highest BCUT2D eigenvalue weighted by Crippen LogP contribution is 2.35. The van der Waals surface area contributed by atoms with Crippen molar-refractivity contribution in [2.45, 2.75) is 6.54 Å². The summed E-state index contributed by atoms with van der Waals surface area (Å²) >= 11 is 0.778. The van der Waals surface area contributed by atoms with E-state index in [-0.39, 0.29) is 29.5 Å². The van der Waals surface area contributed by atoms with E-state index in [0.29, 0.717) is 17.0 Å². The third kappa shape index (κ3) is 5.48. The smallest absolute Gasteiger partial charge is 0.293 e. The molecule has 1 N–H and O–H groups in total. The number of rotatable bonds is 7. The van der Waals surface area contributed by atoms with Crippen LogP contribution in [0.3, 0.4) is 0 Å². The molecule has 0 bridgehead atoms. The molecular weight excluding hydrogens is 443 g/mol. The third-order valence-electron chi connectivity index (χ3n) is 4.78. The zero-order chi connectivity index (χ0) is 23.2. The lowest BCUT2D eigenvalue weighted by molar-refractivity contribution is -0.123. The Kier molecular flexibility index (Phi) is 6.85. The predicted octanol–water partition coefficient (Wildman–Crippen LogP) is 5.08. The Morgan fingerprint density at radius 1 is 0.970 bits per heavy atom. The molecule has 1 heterocycles. The number of nitrogens with zero attached hydrogens (tertiary/aromatic N) is 1. The van der Waals surface area contributed by atoms with Crippen LogP contribution in [-0.4, -0.2) is 28.6 Å². The van der Waals surface area contributed by atoms with Crippen molar-refractivity contribution >= 4 is 40.6 Å². The van der Waals surface area contributed by atoms with Gasteiger partial charge in [0, 0.05) is 16.8 Å². The lowest BCUT2D eigenvalue weighted by atomic mass is 10.1. The van der Waals surface area contributed by atoms with Crippen LogP contribution >= 0.6 is 11.8 Å². The second-order valence-corrected chi connectivity index (χ2v) is 8.09. The second kappa shape index (κ2) is 10.1. The van der Waals surface area contributed by atoms with Crippen molar-refractivity contribution in [1.82, 2.24) is 4.90 Å². The molecule has 4 rings (SSSR count). The minimum absolute atomic E-state index is 0.146. The highest BCUT2D eigenvalue weighted by atomic mass is 32.2. The van der Waals surface area contributed by atoms with Crippen LogP contribution in [0.4, 0.5) is 14.9 Å². The summed E-state index contributed by atoms with van der Waals surface area (Å²) in [6.45, 7) is -0.374. The van der Waals surface area contributed by atoms with Gasteiger partial charge in [0.15, 0.2) is 6.61 Å². The van der Waals surface area contributed by atoms with Crippen LogP contribution in [0.5, 0.6) is 5.75 Å². The molecule has 3 aromatic rings. The van der Waals surface area contributed by atoms with Crippen molar-refractivity contribution in [3.05, 3.63) is 101 Å². The van der Waals surface area contributed by atoms with Gasteiger partial charge in [0.1, 0.15) is 11.6 Å². The van der Waals surface area contributed by atoms with Crippen LogP contribution in [-0.2, 0) is 16.1 Å². The van der Waals surface area contributed by atoms with Crippen LogP contribution in [0, 0.1) is 5.82 Å². The molecule has 0 aliphatic carbocycles. The zero-order valence-electron chi connectivity index (χ0n) is 17.4. The summed E-state index contributed by atoms with van der Waals surface area (Å²) in [7, 11) is 0. The summed E-state index contributed by atoms with van der Waals surface area (Å²) in [4.78, 5) is 38.6. The fraction of sp³-hybridized carbons (Fsp3) is 0.0800. The van der Waals surface area contributed by atoms with Gasteiger partial charge in [-0.1, -0.05) is 54.6 Å². The molecule has 1 aliphatic heterocycles. The summed E-state index contributed by atoms with van der Waals surface area (Å²) in [5, 5.41) is 2.25. The van der Waals surface area contributed by atoms with E-state index >= 15 is 0 Å². The Labute approximate surface area is 194 Å². The molecule has 0 aromatic heterocycles. The number of hydrogen-bond acceptors (Lipinski definition) is 5. The van der Waals surface area contributed by atoms with Crippen LogP contribution < -0.4 is 10.1 Å². The highest BCUT2D eigenvalue weighted by Gasteiger charge is 2.35. The molecular formula is C25H19FN2O4S. The second-order valence-electron chi connectivity index (χ2n) is 7.10. The number of para-hydroxylation sites is 2. The molecule has 1 fully saturated rings. The first-order valence-electron chi connectivity index (χ1n) is 10.1. The first-order valence-corrected chi connectivity index (χ1v) is 10.9. The number of nitrogens with one attached hydrogen (secondary N) is 1. The number of carbonyl (C=O) groups is 3. The Hall–Kier alpha value is -3.91. The minimum Gasteiger partial charge on any atom is -0.483 e. The average molecular weight is 463 g/mol. The van der Waals surface area contributed by atoms with E-state index in [1.165, 1.54) is 18.2 Å². The number of halogens is 1. The quantitative estimate of drug-likeness (QED) is 0.496. The molecule has 0 spiro atoms. The fourth-order valence-electron chi connectivity index (χ4n) is 3.17. The fourth-order valence-corrected chi connectivity index (χ4v) is 4.00. The van der Waals surface area contributed by atoms with E-state index in [1.807, 2.05) is 18.2 Å². The lowest BCUT2D eigenvalue weighted by Gasteiger charge is -2.13. The largest absolute Gasteiger partial charge is 0.483 e. The van der Waals surface area contributed by atoms with Gasteiger partial charge in [-0.15, -0.1) is 0 Å². The van der Waals surface area contributed by atoms with Gasteiger partial charge in [-0.2, -0.15) is 0 Å². The van der Waals surface area contributed by atoms with E-state index < -0.39 is 17.0 Å². The number of carbonyl (C=O) groups excluding carboxylic acids is 3. The van der Waals surface area contributed by atoms with Gasteiger partial charge >= 0.3 is 0 Å². The molecule has 0 saturated carbocycles. The van der Waals surface area contributed by atoms with Gasteiger partial charge in [0.25, 0.3) is 17.1 Å². The molecule has 8 heteroatoms. The van der Waals surface area contributed by atoms with Crippen LogP contribution in [0.1, 0.15) is 11.1 Å². The molecule has 0 unspecified atom stereocenters. The maximum atomic E-state index is 14.0. The van der Waals surface area contributed by atoms with Gasteiger partial charge < -0.3 is 10.1 Å². The van der Waals surface area contributed by atoms with Gasteiger partial charge in [-0.25, -0.2) is 4.39 Å². The first kappa shape index (κ1) is 22.3. The van der Waals surface area contributed by atoms with Gasteiger partial charge in [-0.05, 0) is 42.1 Å². The Morgan fingerprint density at radius 2 is 1.67 bits per heavy atom. The minimum atomic E-state index is -0.509. The van der Waals surface area contributed by atoms with Gasteiger partial charge in [0.05, 0.1) is 11.4 Å². The van der Waals surface area contributed by atoms with Crippen molar-refractivity contribution in [2.24, 2.45) is 0 Å². The van der Waals surface area contributed by atoms with Crippen molar-refractivity contribution in [3.63, 3.8) is 0 Å². The molecule has 0 radical (unpaired) electrons. The van der Waals surface area contributed by atoms with E-state index in [4.69, 9.17) is 4.74 Å². The topological polar surface area (TPSA) is 75.7 Å². The van der Waals surface area contributed by atoms with Gasteiger partial charge in [0.2, 0.25) is 0 Å². The molecule has 1 saturated heterocycles. The predicted molar refractivity (Wildman–Crippen MR) is 125 cm³/mol. The van der Waals surface area contributed by atoms with E-state index in [0.717, 1.165) is 16.7 Å². The van der Waals surface area contributed by atoms with Crippen LogP contribution in [0.25, 0.3) is 6.08 Å². The summed E-state index contributed by atoms with van der Waals surface area (Å²) in [6, 6.07) is 21.9. The number of ether oxygens (including phenoxy) is 1. The molecule has 0 atom stereocenters. The molecule has 3 aromatic carbocycles.